The lowest BCUT2D eigenvalue weighted by molar-refractivity contribution is 0.0608. The Morgan fingerprint density at radius 2 is 1.93 bits per heavy atom. The molecule has 4 nitrogen and oxygen atoms in total. The Morgan fingerprint density at radius 3 is 2.29 bits per heavy atom. The average Bonchev–Trinajstić information content (AvgIpc) is 2.63. The van der Waals surface area contributed by atoms with E-state index in [2.05, 4.69) is 0 Å². The maximum Gasteiger partial charge on any atom is 0.152 e. The van der Waals surface area contributed by atoms with Crippen molar-refractivity contribution in [1.82, 2.24) is 0 Å². The Labute approximate surface area is 84.9 Å². The molecule has 0 aromatic heterocycles. The van der Waals surface area contributed by atoms with Crippen LogP contribution in [0.3, 0.4) is 0 Å². The first-order valence-electron chi connectivity index (χ1n) is 4.93. The van der Waals surface area contributed by atoms with Crippen molar-refractivity contribution in [3.05, 3.63) is 0 Å². The Bertz CT molecular complexity index is 279. The van der Waals surface area contributed by atoms with Gasteiger partial charge in [0, 0.05) is 11.2 Å². The molecule has 0 spiro atoms. The Morgan fingerprint density at radius 1 is 1.36 bits per heavy atom. The highest BCUT2D eigenvalue weighted by Crippen LogP contribution is 2.40. The molecule has 1 atom stereocenters. The number of aliphatic hydroxyl groups excluding tert-OH is 2. The number of aliphatic hydroxyl groups is 2. The van der Waals surface area contributed by atoms with E-state index in [1.54, 1.807) is 6.92 Å². The first kappa shape index (κ1) is 11.9. The molecule has 0 amide bonds. The molecule has 1 aliphatic rings. The summed E-state index contributed by atoms with van der Waals surface area (Å²) in [6.07, 6.45) is 1.57. The van der Waals surface area contributed by atoms with Gasteiger partial charge in [0.1, 0.15) is 0 Å². The molecule has 1 aliphatic carbocycles. The van der Waals surface area contributed by atoms with Gasteiger partial charge < -0.3 is 10.2 Å². The normalized spacial score (nSPS) is 26.6. The lowest BCUT2D eigenvalue weighted by Gasteiger charge is -2.23. The molecule has 0 heterocycles. The highest BCUT2D eigenvalue weighted by molar-refractivity contribution is 7.92. The van der Waals surface area contributed by atoms with Crippen LogP contribution in [0.2, 0.25) is 0 Å². The van der Waals surface area contributed by atoms with E-state index >= 15 is 0 Å². The van der Waals surface area contributed by atoms with Gasteiger partial charge in [0.05, 0.1) is 18.5 Å². The lowest BCUT2D eigenvalue weighted by Crippen LogP contribution is -2.29. The minimum atomic E-state index is -3.01. The van der Waals surface area contributed by atoms with E-state index in [-0.39, 0.29) is 24.2 Å². The van der Waals surface area contributed by atoms with E-state index in [4.69, 9.17) is 10.2 Å². The second-order valence-corrected chi connectivity index (χ2v) is 6.70. The molecule has 0 saturated heterocycles. The summed E-state index contributed by atoms with van der Waals surface area (Å²) in [4.78, 5) is 0. The minimum Gasteiger partial charge on any atom is -0.396 e. The standard InChI is InChI=1S/C9H18O4S/c1-2-14(12,13)8-3-4-9(5-8,6-10)7-11/h8,10-11H,2-7H2,1H3/t8-/m0/s1. The van der Waals surface area contributed by atoms with Gasteiger partial charge in [-0.2, -0.15) is 0 Å². The van der Waals surface area contributed by atoms with Gasteiger partial charge in [-0.3, -0.25) is 0 Å². The Kier molecular flexibility index (Phi) is 3.55. The summed E-state index contributed by atoms with van der Waals surface area (Å²) in [5.41, 5.74) is -0.563. The van der Waals surface area contributed by atoms with Gasteiger partial charge in [-0.1, -0.05) is 6.92 Å². The van der Waals surface area contributed by atoms with Crippen LogP contribution in [0.5, 0.6) is 0 Å². The fourth-order valence-corrected chi connectivity index (χ4v) is 3.59. The molecule has 1 rings (SSSR count). The molecule has 0 aromatic rings. The Balaban J connectivity index is 2.74. The number of rotatable bonds is 4. The van der Waals surface area contributed by atoms with Crippen molar-refractivity contribution in [2.45, 2.75) is 31.4 Å². The summed E-state index contributed by atoms with van der Waals surface area (Å²) in [6.45, 7) is 1.38. The zero-order valence-corrected chi connectivity index (χ0v) is 9.26. The van der Waals surface area contributed by atoms with Crippen molar-refractivity contribution in [3.63, 3.8) is 0 Å². The van der Waals surface area contributed by atoms with Crippen molar-refractivity contribution < 1.29 is 18.6 Å². The highest BCUT2D eigenvalue weighted by atomic mass is 32.2. The molecular formula is C9H18O4S. The molecule has 1 saturated carbocycles. The van der Waals surface area contributed by atoms with Crippen molar-refractivity contribution in [3.8, 4) is 0 Å². The molecule has 0 bridgehead atoms. The molecular weight excluding hydrogens is 204 g/mol. The van der Waals surface area contributed by atoms with Crippen LogP contribution in [0.15, 0.2) is 0 Å². The van der Waals surface area contributed by atoms with Crippen LogP contribution in [0.25, 0.3) is 0 Å². The van der Waals surface area contributed by atoms with Gasteiger partial charge in [0.2, 0.25) is 0 Å². The first-order valence-corrected chi connectivity index (χ1v) is 6.64. The zero-order valence-electron chi connectivity index (χ0n) is 8.44. The van der Waals surface area contributed by atoms with E-state index in [0.29, 0.717) is 19.3 Å². The first-order chi connectivity index (χ1) is 6.49. The molecule has 1 fully saturated rings. The van der Waals surface area contributed by atoms with Crippen molar-refractivity contribution in [2.24, 2.45) is 5.41 Å². The number of hydrogen-bond acceptors (Lipinski definition) is 4. The van der Waals surface area contributed by atoms with E-state index in [1.807, 2.05) is 0 Å². The fraction of sp³-hybridized carbons (Fsp3) is 1.00. The quantitative estimate of drug-likeness (QED) is 0.699. The fourth-order valence-electron chi connectivity index (χ4n) is 2.03. The molecule has 84 valence electrons. The minimum absolute atomic E-state index is 0.126. The molecule has 0 aromatic carbocycles. The average molecular weight is 222 g/mol. The highest BCUT2D eigenvalue weighted by Gasteiger charge is 2.42. The summed E-state index contributed by atoms with van der Waals surface area (Å²) in [7, 11) is -3.01. The third kappa shape index (κ3) is 2.10. The second kappa shape index (κ2) is 4.16. The maximum atomic E-state index is 11.6. The molecule has 14 heavy (non-hydrogen) atoms. The van der Waals surface area contributed by atoms with E-state index in [0.717, 1.165) is 0 Å². The van der Waals surface area contributed by atoms with Crippen LogP contribution >= 0.6 is 0 Å². The van der Waals surface area contributed by atoms with Crippen LogP contribution < -0.4 is 0 Å². The lowest BCUT2D eigenvalue weighted by atomic mass is 9.89. The van der Waals surface area contributed by atoms with Gasteiger partial charge in [-0.05, 0) is 19.3 Å². The van der Waals surface area contributed by atoms with Crippen LogP contribution in [0.4, 0.5) is 0 Å². The molecule has 5 heteroatoms. The van der Waals surface area contributed by atoms with Gasteiger partial charge in [-0.25, -0.2) is 8.42 Å². The Hall–Kier alpha value is -0.130. The van der Waals surface area contributed by atoms with Crippen molar-refractivity contribution in [2.75, 3.05) is 19.0 Å². The van der Waals surface area contributed by atoms with E-state index < -0.39 is 15.3 Å². The van der Waals surface area contributed by atoms with Gasteiger partial charge >= 0.3 is 0 Å². The molecule has 0 radical (unpaired) electrons. The van der Waals surface area contributed by atoms with Crippen LogP contribution in [-0.4, -0.2) is 42.8 Å². The predicted molar refractivity (Wildman–Crippen MR) is 53.7 cm³/mol. The molecule has 2 N–H and O–H groups in total. The largest absolute Gasteiger partial charge is 0.396 e. The zero-order chi connectivity index (χ0) is 10.8. The second-order valence-electron chi connectivity index (χ2n) is 4.13. The summed E-state index contributed by atoms with van der Waals surface area (Å²) in [5.74, 6) is 0.143. The predicted octanol–water partition coefficient (Wildman–Crippen LogP) is -0.0554. The van der Waals surface area contributed by atoms with Crippen molar-refractivity contribution >= 4 is 9.84 Å². The van der Waals surface area contributed by atoms with Crippen molar-refractivity contribution in [1.29, 1.82) is 0 Å². The molecule has 0 aliphatic heterocycles. The smallest absolute Gasteiger partial charge is 0.152 e. The van der Waals surface area contributed by atoms with E-state index in [1.165, 1.54) is 0 Å². The monoisotopic (exact) mass is 222 g/mol. The summed E-state index contributed by atoms with van der Waals surface area (Å²) >= 11 is 0. The SMILES string of the molecule is CCS(=O)(=O)[C@H]1CCC(CO)(CO)C1. The number of hydrogen-bond donors (Lipinski definition) is 2. The summed E-state index contributed by atoms with van der Waals surface area (Å²) in [5, 5.41) is 17.9. The molecule has 0 unspecified atom stereocenters. The van der Waals surface area contributed by atoms with Gasteiger partial charge in [0.15, 0.2) is 9.84 Å². The topological polar surface area (TPSA) is 74.6 Å². The van der Waals surface area contributed by atoms with Crippen LogP contribution in [0.1, 0.15) is 26.2 Å². The summed E-state index contributed by atoms with van der Waals surface area (Å²) < 4.78 is 23.1. The van der Waals surface area contributed by atoms with Gasteiger partial charge in [-0.15, -0.1) is 0 Å². The van der Waals surface area contributed by atoms with Gasteiger partial charge in [0.25, 0.3) is 0 Å². The summed E-state index contributed by atoms with van der Waals surface area (Å²) in [6, 6.07) is 0. The van der Waals surface area contributed by atoms with Crippen LogP contribution in [-0.2, 0) is 9.84 Å². The number of sulfone groups is 1. The third-order valence-corrected chi connectivity index (χ3v) is 5.46. The third-order valence-electron chi connectivity index (χ3n) is 3.24. The maximum absolute atomic E-state index is 11.6. The van der Waals surface area contributed by atoms with E-state index in [9.17, 15) is 8.42 Å². The van der Waals surface area contributed by atoms with Crippen LogP contribution in [0, 0.1) is 5.41 Å².